The summed E-state index contributed by atoms with van der Waals surface area (Å²) in [4.78, 5) is 12.4. The van der Waals surface area contributed by atoms with Crippen molar-refractivity contribution in [3.63, 3.8) is 0 Å². The van der Waals surface area contributed by atoms with E-state index in [2.05, 4.69) is 5.32 Å². The first-order valence-corrected chi connectivity index (χ1v) is 8.62. The van der Waals surface area contributed by atoms with E-state index < -0.39 is 9.84 Å². The Morgan fingerprint density at radius 2 is 2.10 bits per heavy atom. The molecule has 0 heterocycles. The summed E-state index contributed by atoms with van der Waals surface area (Å²) in [7, 11) is -3.27. The predicted molar refractivity (Wildman–Crippen MR) is 78.1 cm³/mol. The van der Waals surface area contributed by atoms with Crippen LogP contribution in [-0.4, -0.2) is 26.6 Å². The van der Waals surface area contributed by atoms with Crippen LogP contribution < -0.4 is 11.1 Å². The topological polar surface area (TPSA) is 89.3 Å². The molecule has 2 unspecified atom stereocenters. The average Bonchev–Trinajstić information content (AvgIpc) is 2.38. The van der Waals surface area contributed by atoms with E-state index in [4.69, 9.17) is 5.73 Å². The molecule has 0 bridgehead atoms. The van der Waals surface area contributed by atoms with Gasteiger partial charge in [-0.2, -0.15) is 0 Å². The minimum atomic E-state index is -3.27. The third-order valence-corrected chi connectivity index (χ3v) is 4.73. The second-order valence-electron chi connectivity index (χ2n) is 5.41. The maximum atomic E-state index is 12.2. The normalized spacial score (nSPS) is 23.3. The van der Waals surface area contributed by atoms with Crippen molar-refractivity contribution in [1.29, 1.82) is 0 Å². The smallest absolute Gasteiger partial charge is 0.227 e. The number of benzene rings is 1. The number of sulfone groups is 1. The van der Waals surface area contributed by atoms with Crippen LogP contribution in [0.2, 0.25) is 0 Å². The predicted octanol–water partition coefficient (Wildman–Crippen LogP) is 1.55. The Morgan fingerprint density at radius 1 is 1.35 bits per heavy atom. The SMILES string of the molecule is CS(=O)(=O)c1cccc(NC(=O)C2CCCC(N)C2)c1. The number of nitrogens with two attached hydrogens (primary N) is 1. The van der Waals surface area contributed by atoms with Crippen LogP contribution in [0.5, 0.6) is 0 Å². The molecule has 1 aliphatic carbocycles. The van der Waals surface area contributed by atoms with E-state index in [0.717, 1.165) is 25.5 Å². The van der Waals surface area contributed by atoms with Crippen LogP contribution >= 0.6 is 0 Å². The van der Waals surface area contributed by atoms with Crippen LogP contribution in [0.15, 0.2) is 29.2 Å². The second-order valence-corrected chi connectivity index (χ2v) is 7.43. The minimum absolute atomic E-state index is 0.0780. The lowest BCUT2D eigenvalue weighted by molar-refractivity contribution is -0.120. The molecule has 0 aromatic heterocycles. The number of anilines is 1. The van der Waals surface area contributed by atoms with E-state index in [1.165, 1.54) is 12.1 Å². The molecule has 2 rings (SSSR count). The van der Waals surface area contributed by atoms with Gasteiger partial charge in [-0.1, -0.05) is 12.5 Å². The van der Waals surface area contributed by atoms with Crippen LogP contribution in [-0.2, 0) is 14.6 Å². The first kappa shape index (κ1) is 15.0. The number of carbonyl (C=O) groups is 1. The van der Waals surface area contributed by atoms with E-state index in [1.807, 2.05) is 0 Å². The molecule has 5 nitrogen and oxygen atoms in total. The van der Waals surface area contributed by atoms with E-state index in [9.17, 15) is 13.2 Å². The summed E-state index contributed by atoms with van der Waals surface area (Å²) < 4.78 is 23.0. The largest absolute Gasteiger partial charge is 0.328 e. The van der Waals surface area contributed by atoms with Gasteiger partial charge in [-0.15, -0.1) is 0 Å². The van der Waals surface area contributed by atoms with E-state index >= 15 is 0 Å². The summed E-state index contributed by atoms with van der Waals surface area (Å²) in [6.07, 6.45) is 4.60. The van der Waals surface area contributed by atoms with Gasteiger partial charge in [0, 0.05) is 23.9 Å². The first-order valence-electron chi connectivity index (χ1n) is 6.73. The fraction of sp³-hybridized carbons (Fsp3) is 0.500. The third kappa shape index (κ3) is 3.80. The molecule has 0 radical (unpaired) electrons. The highest BCUT2D eigenvalue weighted by Gasteiger charge is 2.25. The fourth-order valence-electron chi connectivity index (χ4n) is 2.51. The summed E-state index contributed by atoms with van der Waals surface area (Å²) in [5.74, 6) is -0.161. The van der Waals surface area contributed by atoms with Gasteiger partial charge in [0.05, 0.1) is 4.90 Å². The van der Waals surface area contributed by atoms with Gasteiger partial charge in [-0.25, -0.2) is 8.42 Å². The van der Waals surface area contributed by atoms with Crippen molar-refractivity contribution >= 4 is 21.4 Å². The maximum Gasteiger partial charge on any atom is 0.227 e. The van der Waals surface area contributed by atoms with Crippen molar-refractivity contribution in [1.82, 2.24) is 0 Å². The monoisotopic (exact) mass is 296 g/mol. The van der Waals surface area contributed by atoms with Gasteiger partial charge in [0.25, 0.3) is 0 Å². The fourth-order valence-corrected chi connectivity index (χ4v) is 3.18. The van der Waals surface area contributed by atoms with Crippen LogP contribution in [0.4, 0.5) is 5.69 Å². The van der Waals surface area contributed by atoms with Gasteiger partial charge in [-0.3, -0.25) is 4.79 Å². The van der Waals surface area contributed by atoms with Crippen molar-refractivity contribution in [3.05, 3.63) is 24.3 Å². The summed E-state index contributed by atoms with van der Waals surface area (Å²) in [5.41, 5.74) is 6.39. The Kier molecular flexibility index (Phi) is 4.45. The summed E-state index contributed by atoms with van der Waals surface area (Å²) in [6, 6.07) is 6.40. The Balaban J connectivity index is 2.08. The third-order valence-electron chi connectivity index (χ3n) is 3.62. The molecule has 3 N–H and O–H groups in total. The van der Waals surface area contributed by atoms with Crippen LogP contribution in [0.1, 0.15) is 25.7 Å². The maximum absolute atomic E-state index is 12.2. The minimum Gasteiger partial charge on any atom is -0.328 e. The Labute approximate surface area is 119 Å². The highest BCUT2D eigenvalue weighted by Crippen LogP contribution is 2.25. The molecule has 20 heavy (non-hydrogen) atoms. The van der Waals surface area contributed by atoms with Crippen LogP contribution in [0, 0.1) is 5.92 Å². The van der Waals surface area contributed by atoms with Gasteiger partial charge in [0.15, 0.2) is 9.84 Å². The molecular weight excluding hydrogens is 276 g/mol. The van der Waals surface area contributed by atoms with Gasteiger partial charge in [0.1, 0.15) is 0 Å². The lowest BCUT2D eigenvalue weighted by Crippen LogP contribution is -2.34. The number of rotatable bonds is 3. The lowest BCUT2D eigenvalue weighted by Gasteiger charge is -2.25. The number of hydrogen-bond acceptors (Lipinski definition) is 4. The zero-order valence-electron chi connectivity index (χ0n) is 11.5. The molecule has 1 aromatic rings. The Hall–Kier alpha value is -1.40. The van der Waals surface area contributed by atoms with Gasteiger partial charge in [-0.05, 0) is 37.5 Å². The lowest BCUT2D eigenvalue weighted by atomic mass is 9.85. The summed E-state index contributed by atoms with van der Waals surface area (Å²) in [6.45, 7) is 0. The highest BCUT2D eigenvalue weighted by molar-refractivity contribution is 7.90. The summed E-state index contributed by atoms with van der Waals surface area (Å²) in [5, 5.41) is 2.79. The van der Waals surface area contributed by atoms with E-state index in [-0.39, 0.29) is 22.8 Å². The zero-order valence-corrected chi connectivity index (χ0v) is 12.3. The van der Waals surface area contributed by atoms with Gasteiger partial charge >= 0.3 is 0 Å². The molecule has 0 saturated heterocycles. The number of nitrogens with one attached hydrogen (secondary N) is 1. The number of carbonyl (C=O) groups excluding carboxylic acids is 1. The molecule has 6 heteroatoms. The van der Waals surface area contributed by atoms with E-state index in [0.29, 0.717) is 12.1 Å². The van der Waals surface area contributed by atoms with Gasteiger partial charge < -0.3 is 11.1 Å². The van der Waals surface area contributed by atoms with Crippen molar-refractivity contribution in [3.8, 4) is 0 Å². The van der Waals surface area contributed by atoms with Crippen molar-refractivity contribution in [2.24, 2.45) is 11.7 Å². The standard InChI is InChI=1S/C14H20N2O3S/c1-20(18,19)13-7-3-6-12(9-13)16-14(17)10-4-2-5-11(15)8-10/h3,6-7,9-11H,2,4-5,8,15H2,1H3,(H,16,17). The van der Waals surface area contributed by atoms with Crippen LogP contribution in [0.3, 0.4) is 0 Å². The molecule has 0 spiro atoms. The molecule has 1 aromatic carbocycles. The second kappa shape index (κ2) is 5.93. The molecule has 1 fully saturated rings. The Morgan fingerprint density at radius 3 is 2.75 bits per heavy atom. The highest BCUT2D eigenvalue weighted by atomic mass is 32.2. The average molecular weight is 296 g/mol. The molecule has 110 valence electrons. The van der Waals surface area contributed by atoms with Crippen LogP contribution in [0.25, 0.3) is 0 Å². The Bertz CT molecular complexity index is 598. The molecule has 1 aliphatic rings. The van der Waals surface area contributed by atoms with E-state index in [1.54, 1.807) is 12.1 Å². The first-order chi connectivity index (χ1) is 9.36. The van der Waals surface area contributed by atoms with Gasteiger partial charge in [0.2, 0.25) is 5.91 Å². The number of hydrogen-bond donors (Lipinski definition) is 2. The molecular formula is C14H20N2O3S. The molecule has 2 atom stereocenters. The number of amides is 1. The zero-order chi connectivity index (χ0) is 14.8. The molecule has 1 amide bonds. The van der Waals surface area contributed by atoms with Crippen molar-refractivity contribution in [2.75, 3.05) is 11.6 Å². The van der Waals surface area contributed by atoms with Crippen molar-refractivity contribution < 1.29 is 13.2 Å². The molecule has 0 aliphatic heterocycles. The van der Waals surface area contributed by atoms with Crippen molar-refractivity contribution in [2.45, 2.75) is 36.6 Å². The summed E-state index contributed by atoms with van der Waals surface area (Å²) >= 11 is 0. The molecule has 1 saturated carbocycles. The quantitative estimate of drug-likeness (QED) is 0.885.